The van der Waals surface area contributed by atoms with E-state index in [2.05, 4.69) is 5.32 Å². The lowest BCUT2D eigenvalue weighted by molar-refractivity contribution is 0.0697. The van der Waals surface area contributed by atoms with Gasteiger partial charge in [0.05, 0.1) is 22.2 Å². The van der Waals surface area contributed by atoms with Gasteiger partial charge in [-0.15, -0.1) is 0 Å². The Morgan fingerprint density at radius 3 is 2.31 bits per heavy atom. The Morgan fingerprint density at radius 2 is 1.79 bits per heavy atom. The van der Waals surface area contributed by atoms with Crippen LogP contribution in [-0.2, 0) is 0 Å². The van der Waals surface area contributed by atoms with Crippen molar-refractivity contribution in [2.75, 3.05) is 36.4 Å². The molecule has 10 heteroatoms. The Kier molecular flexibility index (Phi) is 6.15. The Labute approximate surface area is 175 Å². The van der Waals surface area contributed by atoms with E-state index < -0.39 is 17.6 Å². The third-order valence-corrected chi connectivity index (χ3v) is 5.15. The number of anilines is 2. The van der Waals surface area contributed by atoms with E-state index in [1.54, 1.807) is 17.0 Å². The highest BCUT2D eigenvalue weighted by atomic mass is 35.5. The summed E-state index contributed by atoms with van der Waals surface area (Å²) in [6.45, 7) is 1.51. The maximum atomic E-state index is 14.2. The molecule has 2 aromatic rings. The summed E-state index contributed by atoms with van der Waals surface area (Å²) in [5.74, 6) is -2.67. The quantitative estimate of drug-likeness (QED) is 0.710. The Bertz CT molecular complexity index is 997. The first kappa shape index (κ1) is 20.8. The second-order valence-electron chi connectivity index (χ2n) is 6.30. The topological polar surface area (TPSA) is 79.6 Å². The fourth-order valence-electron chi connectivity index (χ4n) is 3.03. The fraction of sp³-hybridized carbons (Fsp3) is 0.211. The molecular weight excluding hydrogens is 422 g/mol. The molecule has 3 rings (SSSR count). The third kappa shape index (κ3) is 4.55. The first-order valence-corrected chi connectivity index (χ1v) is 9.31. The van der Waals surface area contributed by atoms with Crippen LogP contribution < -0.4 is 10.2 Å². The molecule has 1 aliphatic heterocycles. The van der Waals surface area contributed by atoms with Crippen LogP contribution in [0, 0.1) is 23.0 Å². The molecule has 1 heterocycles. The lowest BCUT2D eigenvalue weighted by Crippen LogP contribution is -2.50. The predicted molar refractivity (Wildman–Crippen MR) is 109 cm³/mol. The molecular formula is C19H15ClF2N4O2S. The summed E-state index contributed by atoms with van der Waals surface area (Å²) < 4.78 is 28.4. The average Bonchev–Trinajstić information content (AvgIpc) is 2.67. The predicted octanol–water partition coefficient (Wildman–Crippen LogP) is 3.71. The summed E-state index contributed by atoms with van der Waals surface area (Å²) in [5, 5.41) is 21.3. The van der Waals surface area contributed by atoms with Crippen molar-refractivity contribution in [2.45, 2.75) is 0 Å². The number of carbonyl (C=O) groups is 1. The monoisotopic (exact) mass is 436 g/mol. The van der Waals surface area contributed by atoms with E-state index in [-0.39, 0.29) is 21.8 Å². The van der Waals surface area contributed by atoms with Crippen molar-refractivity contribution >= 4 is 46.3 Å². The van der Waals surface area contributed by atoms with E-state index in [0.717, 1.165) is 12.1 Å². The van der Waals surface area contributed by atoms with Crippen LogP contribution in [0.3, 0.4) is 0 Å². The highest BCUT2D eigenvalue weighted by molar-refractivity contribution is 7.80. The fourth-order valence-corrected chi connectivity index (χ4v) is 3.60. The first-order valence-electron chi connectivity index (χ1n) is 8.53. The molecule has 0 bridgehead atoms. The van der Waals surface area contributed by atoms with Crippen LogP contribution in [-0.4, -0.2) is 47.3 Å². The number of nitrogens with one attached hydrogen (secondary N) is 1. The van der Waals surface area contributed by atoms with Gasteiger partial charge in [-0.2, -0.15) is 5.26 Å². The van der Waals surface area contributed by atoms with Gasteiger partial charge >= 0.3 is 5.97 Å². The smallest absolute Gasteiger partial charge is 0.337 e. The van der Waals surface area contributed by atoms with Crippen molar-refractivity contribution in [1.82, 2.24) is 4.90 Å². The number of aromatic carboxylic acids is 1. The van der Waals surface area contributed by atoms with Gasteiger partial charge in [-0.3, -0.25) is 0 Å². The lowest BCUT2D eigenvalue weighted by atomic mass is 10.1. The van der Waals surface area contributed by atoms with Crippen molar-refractivity contribution in [3.8, 4) is 6.07 Å². The third-order valence-electron chi connectivity index (χ3n) is 4.48. The summed E-state index contributed by atoms with van der Waals surface area (Å²) in [5.41, 5.74) is 0.304. The van der Waals surface area contributed by atoms with Crippen molar-refractivity contribution in [2.24, 2.45) is 0 Å². The first-order chi connectivity index (χ1) is 13.8. The maximum absolute atomic E-state index is 14.2. The van der Waals surface area contributed by atoms with Gasteiger partial charge in [0, 0.05) is 31.9 Å². The van der Waals surface area contributed by atoms with Crippen molar-refractivity contribution in [1.29, 1.82) is 5.26 Å². The summed E-state index contributed by atoms with van der Waals surface area (Å²) in [6.07, 6.45) is 0. The molecule has 0 aromatic heterocycles. The standard InChI is InChI=1S/C19H15ClF2N4O2S/c20-14-9-12(1-2-13(14)18(27)28)24-19(29)26-5-3-25(4-6-26)17-15(21)7-11(10-23)8-16(17)22/h1-2,7-9H,3-6H2,(H,24,29)(H,27,28). The second-order valence-corrected chi connectivity index (χ2v) is 7.10. The van der Waals surface area contributed by atoms with Gasteiger partial charge in [0.25, 0.3) is 0 Å². The summed E-state index contributed by atoms with van der Waals surface area (Å²) in [7, 11) is 0. The van der Waals surface area contributed by atoms with Gasteiger partial charge in [-0.1, -0.05) is 11.6 Å². The van der Waals surface area contributed by atoms with Crippen LogP contribution in [0.1, 0.15) is 15.9 Å². The van der Waals surface area contributed by atoms with Crippen LogP contribution in [0.4, 0.5) is 20.2 Å². The summed E-state index contributed by atoms with van der Waals surface area (Å²) in [4.78, 5) is 14.4. The van der Waals surface area contributed by atoms with Crippen LogP contribution in [0.2, 0.25) is 5.02 Å². The van der Waals surface area contributed by atoms with E-state index in [0.29, 0.717) is 37.0 Å². The summed E-state index contributed by atoms with van der Waals surface area (Å²) >= 11 is 11.3. The molecule has 0 atom stereocenters. The second kappa shape index (κ2) is 8.59. The minimum atomic E-state index is -1.12. The van der Waals surface area contributed by atoms with Crippen molar-refractivity contribution < 1.29 is 18.7 Å². The number of thiocarbonyl (C=S) groups is 1. The zero-order chi connectivity index (χ0) is 21.1. The van der Waals surface area contributed by atoms with Crippen LogP contribution in [0.5, 0.6) is 0 Å². The average molecular weight is 437 g/mol. The van der Waals surface area contributed by atoms with Crippen LogP contribution >= 0.6 is 23.8 Å². The van der Waals surface area contributed by atoms with Gasteiger partial charge < -0.3 is 20.2 Å². The molecule has 0 amide bonds. The molecule has 1 saturated heterocycles. The number of piperazine rings is 1. The minimum absolute atomic E-state index is 0.0109. The van der Waals surface area contributed by atoms with Gasteiger partial charge in [-0.05, 0) is 42.5 Å². The number of benzene rings is 2. The number of hydrogen-bond donors (Lipinski definition) is 2. The number of nitriles is 1. The number of carboxylic acids is 1. The number of rotatable bonds is 3. The van der Waals surface area contributed by atoms with E-state index >= 15 is 0 Å². The maximum Gasteiger partial charge on any atom is 0.337 e. The largest absolute Gasteiger partial charge is 0.478 e. The molecule has 2 N–H and O–H groups in total. The SMILES string of the molecule is N#Cc1cc(F)c(N2CCN(C(=S)Nc3ccc(C(=O)O)c(Cl)c3)CC2)c(F)c1. The molecule has 0 spiro atoms. The molecule has 1 fully saturated rings. The van der Waals surface area contributed by atoms with Gasteiger partial charge in [0.15, 0.2) is 16.7 Å². The Morgan fingerprint density at radius 1 is 1.17 bits per heavy atom. The molecule has 0 aliphatic carbocycles. The van der Waals surface area contributed by atoms with Crippen LogP contribution in [0.15, 0.2) is 30.3 Å². The zero-order valence-electron chi connectivity index (χ0n) is 15.0. The van der Waals surface area contributed by atoms with Gasteiger partial charge in [0.1, 0.15) is 5.69 Å². The minimum Gasteiger partial charge on any atom is -0.478 e. The number of hydrogen-bond acceptors (Lipinski definition) is 4. The van der Waals surface area contributed by atoms with E-state index in [4.69, 9.17) is 34.2 Å². The molecule has 29 heavy (non-hydrogen) atoms. The Hall–Kier alpha value is -2.96. The molecule has 0 radical (unpaired) electrons. The Balaban J connectivity index is 1.64. The van der Waals surface area contributed by atoms with E-state index in [1.165, 1.54) is 12.1 Å². The molecule has 0 saturated carbocycles. The van der Waals surface area contributed by atoms with Crippen molar-refractivity contribution in [3.63, 3.8) is 0 Å². The molecule has 6 nitrogen and oxygen atoms in total. The molecule has 1 aliphatic rings. The lowest BCUT2D eigenvalue weighted by Gasteiger charge is -2.37. The summed E-state index contributed by atoms with van der Waals surface area (Å²) in [6, 6.07) is 8.16. The number of nitrogens with zero attached hydrogens (tertiary/aromatic N) is 3. The van der Waals surface area contributed by atoms with Gasteiger partial charge in [-0.25, -0.2) is 13.6 Å². The highest BCUT2D eigenvalue weighted by Crippen LogP contribution is 2.26. The van der Waals surface area contributed by atoms with E-state index in [9.17, 15) is 13.6 Å². The van der Waals surface area contributed by atoms with Gasteiger partial charge in [0.2, 0.25) is 0 Å². The highest BCUT2D eigenvalue weighted by Gasteiger charge is 2.24. The normalized spacial score (nSPS) is 13.7. The van der Waals surface area contributed by atoms with Crippen LogP contribution in [0.25, 0.3) is 0 Å². The number of carboxylic acid groups (broad SMARTS) is 1. The molecule has 2 aromatic carbocycles. The number of halogens is 3. The molecule has 150 valence electrons. The zero-order valence-corrected chi connectivity index (χ0v) is 16.5. The van der Waals surface area contributed by atoms with Crippen molar-refractivity contribution in [3.05, 3.63) is 58.1 Å². The van der Waals surface area contributed by atoms with E-state index in [1.807, 2.05) is 4.90 Å². The molecule has 0 unspecified atom stereocenters.